The van der Waals surface area contributed by atoms with Crippen LogP contribution in [0.5, 0.6) is 0 Å². The van der Waals surface area contributed by atoms with E-state index in [9.17, 15) is 0 Å². The number of nitrogens with zero attached hydrogens (tertiary/aromatic N) is 3. The fourth-order valence-electron chi connectivity index (χ4n) is 5.56. The Kier molecular flexibility index (Phi) is 7.05. The Balaban J connectivity index is 1.54. The van der Waals surface area contributed by atoms with Gasteiger partial charge < -0.3 is 9.47 Å². The van der Waals surface area contributed by atoms with Crippen molar-refractivity contribution in [1.82, 2.24) is 14.5 Å². The highest BCUT2D eigenvalue weighted by atomic mass is 15.1. The topological polar surface area (TPSA) is 21.1 Å². The Morgan fingerprint density at radius 3 is 2.11 bits per heavy atom. The second-order valence-corrected chi connectivity index (χ2v) is 10.1. The van der Waals surface area contributed by atoms with Crippen molar-refractivity contribution in [2.45, 2.75) is 98.6 Å². The first-order valence-electron chi connectivity index (χ1n) is 11.6. The van der Waals surface area contributed by atoms with Gasteiger partial charge in [0.1, 0.15) is 5.82 Å². The summed E-state index contributed by atoms with van der Waals surface area (Å²) >= 11 is 0. The molecule has 1 aliphatic heterocycles. The van der Waals surface area contributed by atoms with E-state index in [1.165, 1.54) is 63.1 Å². The van der Waals surface area contributed by atoms with Crippen LogP contribution in [-0.4, -0.2) is 33.6 Å². The summed E-state index contributed by atoms with van der Waals surface area (Å²) in [6.45, 7) is 16.7. The van der Waals surface area contributed by atoms with Crippen LogP contribution in [0.4, 0.5) is 0 Å². The minimum Gasteiger partial charge on any atom is -0.332 e. The van der Waals surface area contributed by atoms with Crippen LogP contribution >= 0.6 is 0 Å². The molecule has 1 saturated carbocycles. The molecule has 0 amide bonds. The number of aromatic nitrogens is 2. The zero-order valence-electron chi connectivity index (χ0n) is 18.7. The number of aryl methyl sites for hydroxylation is 1. The lowest BCUT2D eigenvalue weighted by Crippen LogP contribution is -2.40. The van der Waals surface area contributed by atoms with Gasteiger partial charge in [-0.15, -0.1) is 0 Å². The van der Waals surface area contributed by atoms with E-state index in [1.807, 2.05) is 0 Å². The third-order valence-corrected chi connectivity index (χ3v) is 7.69. The number of piperidine rings is 1. The number of hydrogen-bond donors (Lipinski definition) is 0. The van der Waals surface area contributed by atoms with Crippen molar-refractivity contribution in [3.05, 3.63) is 17.7 Å². The molecule has 2 aliphatic rings. The molecule has 3 heteroatoms. The fourth-order valence-corrected chi connectivity index (χ4v) is 5.56. The van der Waals surface area contributed by atoms with Gasteiger partial charge in [-0.2, -0.15) is 0 Å². The van der Waals surface area contributed by atoms with Crippen LogP contribution < -0.4 is 0 Å². The van der Waals surface area contributed by atoms with E-state index in [0.29, 0.717) is 12.1 Å². The molecule has 1 aromatic heterocycles. The Bertz CT molecular complexity index is 572. The minimum atomic E-state index is 0.686. The largest absolute Gasteiger partial charge is 0.332 e. The van der Waals surface area contributed by atoms with Crippen LogP contribution in [0.25, 0.3) is 0 Å². The third-order valence-electron chi connectivity index (χ3n) is 7.69. The standard InChI is InChI=1S/C24H43N3/c1-17(2)21-7-9-24(10-8-21)27-16-23(25-20(27)6)15-19(5)22-11-13-26(14-12-22)18(3)4/h16-19,21-22,24H,7-15H2,1-6H3. The average molecular weight is 374 g/mol. The van der Waals surface area contributed by atoms with Crippen LogP contribution in [0, 0.1) is 30.6 Å². The zero-order chi connectivity index (χ0) is 19.6. The fraction of sp³-hybridized carbons (Fsp3) is 0.875. The summed E-state index contributed by atoms with van der Waals surface area (Å²) in [6.07, 6.45) is 11.7. The Hall–Kier alpha value is -0.830. The Morgan fingerprint density at radius 2 is 1.56 bits per heavy atom. The van der Waals surface area contributed by atoms with Crippen LogP contribution in [0.1, 0.15) is 90.7 Å². The van der Waals surface area contributed by atoms with Gasteiger partial charge in [0.05, 0.1) is 5.69 Å². The number of likely N-dealkylation sites (tertiary alicyclic amines) is 1. The second-order valence-electron chi connectivity index (χ2n) is 10.1. The highest BCUT2D eigenvalue weighted by molar-refractivity contribution is 5.06. The number of hydrogen-bond acceptors (Lipinski definition) is 2. The molecule has 27 heavy (non-hydrogen) atoms. The first kappa shape index (κ1) is 20.9. The molecule has 3 nitrogen and oxygen atoms in total. The summed E-state index contributed by atoms with van der Waals surface area (Å²) in [5.41, 5.74) is 1.33. The summed E-state index contributed by atoms with van der Waals surface area (Å²) in [4.78, 5) is 7.61. The highest BCUT2D eigenvalue weighted by Crippen LogP contribution is 2.36. The summed E-state index contributed by atoms with van der Waals surface area (Å²) in [5, 5.41) is 0. The van der Waals surface area contributed by atoms with Gasteiger partial charge in [0, 0.05) is 18.3 Å². The van der Waals surface area contributed by atoms with E-state index in [2.05, 4.69) is 57.2 Å². The lowest BCUT2D eigenvalue weighted by atomic mass is 9.79. The highest BCUT2D eigenvalue weighted by Gasteiger charge is 2.27. The lowest BCUT2D eigenvalue weighted by Gasteiger charge is -2.37. The Labute approximate surface area is 167 Å². The average Bonchev–Trinajstić information content (AvgIpc) is 3.02. The van der Waals surface area contributed by atoms with Crippen molar-refractivity contribution in [1.29, 1.82) is 0 Å². The van der Waals surface area contributed by atoms with Gasteiger partial charge in [0.15, 0.2) is 0 Å². The molecule has 1 unspecified atom stereocenters. The molecule has 0 bridgehead atoms. The van der Waals surface area contributed by atoms with E-state index >= 15 is 0 Å². The molecule has 154 valence electrons. The normalized spacial score (nSPS) is 26.8. The van der Waals surface area contributed by atoms with Gasteiger partial charge >= 0.3 is 0 Å². The molecule has 0 aromatic carbocycles. The zero-order valence-corrected chi connectivity index (χ0v) is 18.7. The molecule has 1 aliphatic carbocycles. The van der Waals surface area contributed by atoms with Crippen molar-refractivity contribution >= 4 is 0 Å². The van der Waals surface area contributed by atoms with Gasteiger partial charge in [-0.05, 0) is 102 Å². The van der Waals surface area contributed by atoms with Crippen molar-refractivity contribution in [3.8, 4) is 0 Å². The van der Waals surface area contributed by atoms with Gasteiger partial charge in [0.25, 0.3) is 0 Å². The van der Waals surface area contributed by atoms with Crippen molar-refractivity contribution < 1.29 is 0 Å². The van der Waals surface area contributed by atoms with E-state index in [4.69, 9.17) is 4.98 Å². The minimum absolute atomic E-state index is 0.686. The van der Waals surface area contributed by atoms with Crippen LogP contribution in [0.15, 0.2) is 6.20 Å². The molecule has 1 saturated heterocycles. The second kappa shape index (κ2) is 9.11. The molecule has 0 spiro atoms. The maximum Gasteiger partial charge on any atom is 0.106 e. The summed E-state index contributed by atoms with van der Waals surface area (Å²) in [6, 6.07) is 1.39. The van der Waals surface area contributed by atoms with E-state index < -0.39 is 0 Å². The molecular formula is C24H43N3. The first-order chi connectivity index (χ1) is 12.8. The van der Waals surface area contributed by atoms with E-state index in [1.54, 1.807) is 0 Å². The summed E-state index contributed by atoms with van der Waals surface area (Å²) < 4.78 is 2.51. The third kappa shape index (κ3) is 5.16. The van der Waals surface area contributed by atoms with Crippen LogP contribution in [0.3, 0.4) is 0 Å². The molecule has 0 radical (unpaired) electrons. The lowest BCUT2D eigenvalue weighted by molar-refractivity contribution is 0.124. The van der Waals surface area contributed by atoms with Gasteiger partial charge in [-0.3, -0.25) is 0 Å². The molecule has 1 atom stereocenters. The van der Waals surface area contributed by atoms with Crippen molar-refractivity contribution in [2.24, 2.45) is 23.7 Å². The molecule has 0 N–H and O–H groups in total. The Morgan fingerprint density at radius 1 is 0.926 bits per heavy atom. The van der Waals surface area contributed by atoms with Gasteiger partial charge in [-0.25, -0.2) is 4.98 Å². The maximum atomic E-state index is 4.97. The predicted octanol–water partition coefficient (Wildman–Crippen LogP) is 5.88. The SMILES string of the molecule is Cc1nc(CC(C)C2CCN(C(C)C)CC2)cn1C1CCC(C(C)C)CC1. The molecule has 1 aromatic rings. The van der Waals surface area contributed by atoms with Crippen LogP contribution in [-0.2, 0) is 6.42 Å². The number of rotatable bonds is 6. The van der Waals surface area contributed by atoms with E-state index in [-0.39, 0.29) is 0 Å². The first-order valence-corrected chi connectivity index (χ1v) is 11.6. The predicted molar refractivity (Wildman–Crippen MR) is 115 cm³/mol. The maximum absolute atomic E-state index is 4.97. The molecular weight excluding hydrogens is 330 g/mol. The van der Waals surface area contributed by atoms with Crippen LogP contribution in [0.2, 0.25) is 0 Å². The molecule has 2 heterocycles. The summed E-state index contributed by atoms with van der Waals surface area (Å²) in [7, 11) is 0. The van der Waals surface area contributed by atoms with Gasteiger partial charge in [0.2, 0.25) is 0 Å². The quantitative estimate of drug-likeness (QED) is 0.621. The van der Waals surface area contributed by atoms with Gasteiger partial charge in [-0.1, -0.05) is 20.8 Å². The van der Waals surface area contributed by atoms with E-state index in [0.717, 1.165) is 30.1 Å². The van der Waals surface area contributed by atoms with Crippen molar-refractivity contribution in [3.63, 3.8) is 0 Å². The van der Waals surface area contributed by atoms with Crippen molar-refractivity contribution in [2.75, 3.05) is 13.1 Å². The smallest absolute Gasteiger partial charge is 0.106 e. The number of imidazole rings is 1. The monoisotopic (exact) mass is 373 g/mol. The summed E-state index contributed by atoms with van der Waals surface area (Å²) in [5.74, 6) is 4.63. The molecule has 3 rings (SSSR count). The molecule has 2 fully saturated rings.